The first kappa shape index (κ1) is 17.0. The smallest absolute Gasteiger partial charge is 0.336 e. The molecule has 0 aliphatic rings. The van der Waals surface area contributed by atoms with Gasteiger partial charge in [0.25, 0.3) is 0 Å². The summed E-state index contributed by atoms with van der Waals surface area (Å²) in [5.41, 5.74) is 4.19. The van der Waals surface area contributed by atoms with Crippen LogP contribution in [0.1, 0.15) is 41.4 Å². The maximum Gasteiger partial charge on any atom is 0.336 e. The van der Waals surface area contributed by atoms with Crippen LogP contribution >= 0.6 is 0 Å². The molecule has 1 N–H and O–H groups in total. The average Bonchev–Trinajstić information content (AvgIpc) is 3.08. The molecular weight excluding hydrogens is 312 g/mol. The van der Waals surface area contributed by atoms with Crippen LogP contribution in [0.15, 0.2) is 61.1 Å². The van der Waals surface area contributed by atoms with Crippen molar-refractivity contribution in [1.82, 2.24) is 9.55 Å². The molecule has 0 bridgehead atoms. The van der Waals surface area contributed by atoms with E-state index in [-0.39, 0.29) is 0 Å². The van der Waals surface area contributed by atoms with E-state index in [9.17, 15) is 9.90 Å². The summed E-state index contributed by atoms with van der Waals surface area (Å²) in [5.74, 6) is -0.905. The van der Waals surface area contributed by atoms with Crippen LogP contribution in [-0.4, -0.2) is 20.6 Å². The Kier molecular flexibility index (Phi) is 5.29. The molecule has 0 saturated heterocycles. The Labute approximate surface area is 147 Å². The number of hydrogen-bond donors (Lipinski definition) is 1. The van der Waals surface area contributed by atoms with Crippen molar-refractivity contribution >= 4 is 5.97 Å². The molecule has 0 atom stereocenters. The monoisotopic (exact) mass is 334 g/mol. The summed E-state index contributed by atoms with van der Waals surface area (Å²) < 4.78 is 2.14. The Balaban J connectivity index is 1.75. The highest BCUT2D eigenvalue weighted by molar-refractivity contribution is 5.95. The van der Waals surface area contributed by atoms with E-state index in [4.69, 9.17) is 0 Å². The standard InChI is InChI=1S/C21H22N2O2/c1-2-3-12-23-14-18(22-15-23)13-16-8-10-17(11-9-16)19-6-4-5-7-20(19)21(24)25/h4-11,14-15H,2-3,12-13H2,1H3,(H,24,25). The molecule has 3 rings (SSSR count). The molecule has 1 aromatic heterocycles. The second kappa shape index (κ2) is 7.79. The Bertz CT molecular complexity index is 850. The molecule has 25 heavy (non-hydrogen) atoms. The summed E-state index contributed by atoms with van der Waals surface area (Å²) in [5, 5.41) is 9.33. The number of carboxylic acid groups (broad SMARTS) is 1. The number of hydrogen-bond acceptors (Lipinski definition) is 2. The lowest BCUT2D eigenvalue weighted by atomic mass is 9.98. The van der Waals surface area contributed by atoms with E-state index in [2.05, 4.69) is 22.7 Å². The largest absolute Gasteiger partial charge is 0.478 e. The summed E-state index contributed by atoms with van der Waals surface area (Å²) in [6.45, 7) is 3.19. The Morgan fingerprint density at radius 2 is 1.88 bits per heavy atom. The highest BCUT2D eigenvalue weighted by atomic mass is 16.4. The van der Waals surface area contributed by atoms with Crippen molar-refractivity contribution in [1.29, 1.82) is 0 Å². The van der Waals surface area contributed by atoms with Crippen LogP contribution in [0.5, 0.6) is 0 Å². The van der Waals surface area contributed by atoms with E-state index in [0.717, 1.165) is 41.8 Å². The molecule has 0 radical (unpaired) electrons. The zero-order valence-electron chi connectivity index (χ0n) is 14.4. The molecular formula is C21H22N2O2. The summed E-state index contributed by atoms with van der Waals surface area (Å²) in [4.78, 5) is 15.8. The predicted octanol–water partition coefficient (Wildman–Crippen LogP) is 4.64. The fourth-order valence-electron chi connectivity index (χ4n) is 2.89. The lowest BCUT2D eigenvalue weighted by molar-refractivity contribution is 0.0697. The molecule has 0 spiro atoms. The first-order valence-corrected chi connectivity index (χ1v) is 8.59. The highest BCUT2D eigenvalue weighted by Gasteiger charge is 2.10. The number of aromatic nitrogens is 2. The quantitative estimate of drug-likeness (QED) is 0.685. The second-order valence-corrected chi connectivity index (χ2v) is 6.18. The predicted molar refractivity (Wildman–Crippen MR) is 98.8 cm³/mol. The molecule has 0 aliphatic heterocycles. The van der Waals surface area contributed by atoms with E-state index >= 15 is 0 Å². The van der Waals surface area contributed by atoms with Gasteiger partial charge in [-0.05, 0) is 29.2 Å². The zero-order chi connectivity index (χ0) is 17.6. The van der Waals surface area contributed by atoms with Gasteiger partial charge in [-0.25, -0.2) is 9.78 Å². The fourth-order valence-corrected chi connectivity index (χ4v) is 2.89. The van der Waals surface area contributed by atoms with Crippen molar-refractivity contribution in [3.05, 3.63) is 77.9 Å². The molecule has 0 unspecified atom stereocenters. The van der Waals surface area contributed by atoms with Gasteiger partial charge < -0.3 is 9.67 Å². The maximum atomic E-state index is 11.4. The minimum atomic E-state index is -0.905. The summed E-state index contributed by atoms with van der Waals surface area (Å²) >= 11 is 0. The van der Waals surface area contributed by atoms with Crippen molar-refractivity contribution in [2.24, 2.45) is 0 Å². The molecule has 128 valence electrons. The average molecular weight is 334 g/mol. The van der Waals surface area contributed by atoms with Gasteiger partial charge in [-0.1, -0.05) is 55.8 Å². The molecule has 0 aliphatic carbocycles. The summed E-state index contributed by atoms with van der Waals surface area (Å²) in [6, 6.07) is 15.1. The molecule has 0 saturated carbocycles. The van der Waals surface area contributed by atoms with Gasteiger partial charge in [0.05, 0.1) is 17.6 Å². The number of rotatable bonds is 7. The van der Waals surface area contributed by atoms with Crippen LogP contribution in [0.25, 0.3) is 11.1 Å². The Morgan fingerprint density at radius 1 is 1.12 bits per heavy atom. The van der Waals surface area contributed by atoms with Gasteiger partial charge in [-0.15, -0.1) is 0 Å². The summed E-state index contributed by atoms with van der Waals surface area (Å²) in [7, 11) is 0. The number of carbonyl (C=O) groups is 1. The van der Waals surface area contributed by atoms with Gasteiger partial charge in [-0.2, -0.15) is 0 Å². The fraction of sp³-hybridized carbons (Fsp3) is 0.238. The number of imidazole rings is 1. The molecule has 4 nitrogen and oxygen atoms in total. The topological polar surface area (TPSA) is 55.1 Å². The van der Waals surface area contributed by atoms with E-state index in [1.807, 2.05) is 42.7 Å². The van der Waals surface area contributed by atoms with Crippen molar-refractivity contribution in [3.8, 4) is 11.1 Å². The first-order valence-electron chi connectivity index (χ1n) is 8.59. The Morgan fingerprint density at radius 3 is 2.60 bits per heavy atom. The lowest BCUT2D eigenvalue weighted by Crippen LogP contribution is -1.99. The normalized spacial score (nSPS) is 10.8. The van der Waals surface area contributed by atoms with Gasteiger partial charge in [0.15, 0.2) is 0 Å². The molecule has 0 amide bonds. The molecule has 3 aromatic rings. The third-order valence-electron chi connectivity index (χ3n) is 4.26. The van der Waals surface area contributed by atoms with Gasteiger partial charge in [-0.3, -0.25) is 0 Å². The van der Waals surface area contributed by atoms with Crippen LogP contribution in [0.4, 0.5) is 0 Å². The minimum Gasteiger partial charge on any atom is -0.478 e. The van der Waals surface area contributed by atoms with Crippen LogP contribution in [0.2, 0.25) is 0 Å². The van der Waals surface area contributed by atoms with Crippen LogP contribution < -0.4 is 0 Å². The maximum absolute atomic E-state index is 11.4. The number of aromatic carboxylic acids is 1. The molecule has 2 aromatic carbocycles. The third-order valence-corrected chi connectivity index (χ3v) is 4.26. The third kappa shape index (κ3) is 4.15. The lowest BCUT2D eigenvalue weighted by Gasteiger charge is -2.07. The van der Waals surface area contributed by atoms with Gasteiger partial charge in [0.2, 0.25) is 0 Å². The molecule has 0 fully saturated rings. The number of aryl methyl sites for hydroxylation is 1. The number of unbranched alkanes of at least 4 members (excludes halogenated alkanes) is 1. The zero-order valence-corrected chi connectivity index (χ0v) is 14.4. The molecule has 4 heteroatoms. The van der Waals surface area contributed by atoms with Gasteiger partial charge >= 0.3 is 5.97 Å². The van der Waals surface area contributed by atoms with Crippen LogP contribution in [-0.2, 0) is 13.0 Å². The van der Waals surface area contributed by atoms with Crippen molar-refractivity contribution < 1.29 is 9.90 Å². The van der Waals surface area contributed by atoms with Crippen molar-refractivity contribution in [2.75, 3.05) is 0 Å². The number of benzene rings is 2. The number of carboxylic acids is 1. The van der Waals surface area contributed by atoms with Crippen molar-refractivity contribution in [2.45, 2.75) is 32.7 Å². The van der Waals surface area contributed by atoms with Crippen LogP contribution in [0.3, 0.4) is 0 Å². The van der Waals surface area contributed by atoms with E-state index in [1.54, 1.807) is 12.1 Å². The van der Waals surface area contributed by atoms with E-state index in [0.29, 0.717) is 5.56 Å². The van der Waals surface area contributed by atoms with E-state index in [1.165, 1.54) is 6.42 Å². The second-order valence-electron chi connectivity index (χ2n) is 6.18. The van der Waals surface area contributed by atoms with Gasteiger partial charge in [0, 0.05) is 19.2 Å². The minimum absolute atomic E-state index is 0.324. The molecule has 1 heterocycles. The van der Waals surface area contributed by atoms with Crippen LogP contribution in [0, 0.1) is 0 Å². The van der Waals surface area contributed by atoms with Crippen molar-refractivity contribution in [3.63, 3.8) is 0 Å². The highest BCUT2D eigenvalue weighted by Crippen LogP contribution is 2.24. The first-order chi connectivity index (χ1) is 12.2. The number of nitrogens with zero attached hydrogens (tertiary/aromatic N) is 2. The van der Waals surface area contributed by atoms with E-state index < -0.39 is 5.97 Å². The van der Waals surface area contributed by atoms with Gasteiger partial charge in [0.1, 0.15) is 0 Å². The SMILES string of the molecule is CCCCn1cnc(Cc2ccc(-c3ccccc3C(=O)O)cc2)c1. The Hall–Kier alpha value is -2.88. The summed E-state index contributed by atoms with van der Waals surface area (Å²) in [6.07, 6.45) is 7.10.